The maximum absolute atomic E-state index is 12.4. The monoisotopic (exact) mass is 390 g/mol. The Hall–Kier alpha value is -3.74. The van der Waals surface area contributed by atoms with Gasteiger partial charge in [0.05, 0.1) is 7.11 Å². The zero-order chi connectivity index (χ0) is 20.5. The summed E-state index contributed by atoms with van der Waals surface area (Å²) in [5.74, 6) is 0.116. The zero-order valence-electron chi connectivity index (χ0n) is 16.1. The van der Waals surface area contributed by atoms with Crippen molar-refractivity contribution in [2.75, 3.05) is 13.7 Å². The van der Waals surface area contributed by atoms with E-state index in [0.29, 0.717) is 19.5 Å². The highest BCUT2D eigenvalue weighted by Gasteiger charge is 2.12. The van der Waals surface area contributed by atoms with E-state index in [1.807, 2.05) is 36.4 Å². The number of methoxy groups -OCH3 is 1. The van der Waals surface area contributed by atoms with Gasteiger partial charge >= 0.3 is 0 Å². The number of hydrogen-bond donors (Lipinski definition) is 2. The first-order valence-electron chi connectivity index (χ1n) is 9.21. The summed E-state index contributed by atoms with van der Waals surface area (Å²) in [6, 6.07) is 16.1. The van der Waals surface area contributed by atoms with Crippen molar-refractivity contribution >= 4 is 11.8 Å². The van der Waals surface area contributed by atoms with Gasteiger partial charge in [0.25, 0.3) is 11.8 Å². The number of carbonyl (C=O) groups is 2. The minimum Gasteiger partial charge on any atom is -0.497 e. The van der Waals surface area contributed by atoms with Gasteiger partial charge in [-0.3, -0.25) is 14.6 Å². The molecule has 0 saturated heterocycles. The molecule has 0 unspecified atom stereocenters. The lowest BCUT2D eigenvalue weighted by molar-refractivity contribution is 0.0943. The topological polar surface area (TPSA) is 93.2 Å². The van der Waals surface area contributed by atoms with E-state index in [1.165, 1.54) is 0 Å². The quantitative estimate of drug-likeness (QED) is 0.616. The average Bonchev–Trinajstić information content (AvgIpc) is 2.78. The van der Waals surface area contributed by atoms with E-state index in [2.05, 4.69) is 20.6 Å². The second-order valence-electron chi connectivity index (χ2n) is 6.30. The third-order valence-corrected chi connectivity index (χ3v) is 4.25. The summed E-state index contributed by atoms with van der Waals surface area (Å²) in [7, 11) is 1.62. The van der Waals surface area contributed by atoms with Gasteiger partial charge in [-0.2, -0.15) is 0 Å². The van der Waals surface area contributed by atoms with Crippen molar-refractivity contribution in [2.24, 2.45) is 0 Å². The van der Waals surface area contributed by atoms with E-state index in [0.717, 1.165) is 16.9 Å². The van der Waals surface area contributed by atoms with Crippen LogP contribution in [0.1, 0.15) is 32.1 Å². The molecule has 0 saturated carbocycles. The Morgan fingerprint density at radius 2 is 1.59 bits per heavy atom. The number of benzene rings is 1. The molecular formula is C22H22N4O3. The van der Waals surface area contributed by atoms with Gasteiger partial charge in [-0.1, -0.05) is 18.2 Å². The molecule has 0 spiro atoms. The van der Waals surface area contributed by atoms with Crippen molar-refractivity contribution in [1.29, 1.82) is 0 Å². The Balaban J connectivity index is 1.53. The summed E-state index contributed by atoms with van der Waals surface area (Å²) >= 11 is 0. The third-order valence-electron chi connectivity index (χ3n) is 4.25. The Bertz CT molecular complexity index is 977. The molecule has 0 aliphatic carbocycles. The molecule has 0 radical (unpaired) electrons. The number of carbonyl (C=O) groups excluding carboxylic acids is 2. The molecule has 0 atom stereocenters. The Labute approximate surface area is 169 Å². The molecule has 0 aliphatic rings. The van der Waals surface area contributed by atoms with Gasteiger partial charge in [0.15, 0.2) is 0 Å². The number of pyridine rings is 2. The molecule has 0 aliphatic heterocycles. The number of nitrogens with zero attached hydrogens (tertiary/aromatic N) is 2. The fourth-order valence-electron chi connectivity index (χ4n) is 2.70. The van der Waals surface area contributed by atoms with Crippen LogP contribution in [0.3, 0.4) is 0 Å². The fraction of sp³-hybridized carbons (Fsp3) is 0.182. The lowest BCUT2D eigenvalue weighted by atomic mass is 10.1. The molecule has 7 heteroatoms. The van der Waals surface area contributed by atoms with Gasteiger partial charge in [-0.15, -0.1) is 0 Å². The van der Waals surface area contributed by atoms with Crippen LogP contribution in [0.5, 0.6) is 5.75 Å². The molecule has 29 heavy (non-hydrogen) atoms. The first kappa shape index (κ1) is 20.0. The largest absolute Gasteiger partial charge is 0.497 e. The predicted octanol–water partition coefficient (Wildman–Crippen LogP) is 2.39. The minimum absolute atomic E-state index is 0.194. The lowest BCUT2D eigenvalue weighted by Gasteiger charge is -2.08. The van der Waals surface area contributed by atoms with Crippen LogP contribution in [0.25, 0.3) is 0 Å². The first-order valence-corrected chi connectivity index (χ1v) is 9.21. The maximum Gasteiger partial charge on any atom is 0.270 e. The van der Waals surface area contributed by atoms with Gasteiger partial charge in [-0.05, 0) is 53.9 Å². The van der Waals surface area contributed by atoms with Crippen molar-refractivity contribution in [1.82, 2.24) is 20.6 Å². The maximum atomic E-state index is 12.4. The van der Waals surface area contributed by atoms with Crippen molar-refractivity contribution < 1.29 is 14.3 Å². The molecule has 148 valence electrons. The van der Waals surface area contributed by atoms with Crippen LogP contribution in [0.4, 0.5) is 0 Å². The zero-order valence-corrected chi connectivity index (χ0v) is 16.1. The lowest BCUT2D eigenvalue weighted by Crippen LogP contribution is -2.28. The molecule has 2 N–H and O–H groups in total. The van der Waals surface area contributed by atoms with E-state index in [9.17, 15) is 9.59 Å². The van der Waals surface area contributed by atoms with E-state index >= 15 is 0 Å². The number of aromatic nitrogens is 2. The molecule has 3 rings (SSSR count). The smallest absolute Gasteiger partial charge is 0.270 e. The predicted molar refractivity (Wildman–Crippen MR) is 109 cm³/mol. The van der Waals surface area contributed by atoms with Gasteiger partial charge in [-0.25, -0.2) is 4.98 Å². The Morgan fingerprint density at radius 1 is 0.897 bits per heavy atom. The molecule has 0 bridgehead atoms. The summed E-state index contributed by atoms with van der Waals surface area (Å²) in [4.78, 5) is 32.8. The fourth-order valence-corrected chi connectivity index (χ4v) is 2.70. The normalized spacial score (nSPS) is 10.2. The van der Waals surface area contributed by atoms with Crippen LogP contribution in [0.15, 0.2) is 67.0 Å². The summed E-state index contributed by atoms with van der Waals surface area (Å²) in [6.45, 7) is 0.812. The Morgan fingerprint density at radius 3 is 2.31 bits per heavy atom. The molecule has 2 amide bonds. The molecule has 2 heterocycles. The van der Waals surface area contributed by atoms with E-state index in [1.54, 1.807) is 37.7 Å². The molecule has 0 fully saturated rings. The summed E-state index contributed by atoms with van der Waals surface area (Å²) in [5.41, 5.74) is 2.38. The molecule has 3 aromatic rings. The number of amides is 2. The van der Waals surface area contributed by atoms with Gasteiger partial charge in [0, 0.05) is 25.5 Å². The van der Waals surface area contributed by atoms with Crippen molar-refractivity contribution in [3.63, 3.8) is 0 Å². The summed E-state index contributed by atoms with van der Waals surface area (Å²) in [6.07, 6.45) is 3.99. The molecular weight excluding hydrogens is 368 g/mol. The van der Waals surface area contributed by atoms with E-state index < -0.39 is 0 Å². The average molecular weight is 390 g/mol. The van der Waals surface area contributed by atoms with Crippen molar-refractivity contribution in [2.45, 2.75) is 13.0 Å². The third kappa shape index (κ3) is 5.87. The molecule has 7 nitrogen and oxygen atoms in total. The number of nitrogens with one attached hydrogen (secondary N) is 2. The Kier molecular flexibility index (Phi) is 6.89. The highest BCUT2D eigenvalue weighted by atomic mass is 16.5. The summed E-state index contributed by atoms with van der Waals surface area (Å²) in [5, 5.41) is 5.61. The second kappa shape index (κ2) is 9.98. The minimum atomic E-state index is -0.340. The van der Waals surface area contributed by atoms with Crippen LogP contribution < -0.4 is 15.4 Å². The highest BCUT2D eigenvalue weighted by molar-refractivity contribution is 5.96. The van der Waals surface area contributed by atoms with Gasteiger partial charge < -0.3 is 15.4 Å². The SMILES string of the molecule is COc1cccc(CCNC(=O)c2cccc(C(=O)NCc3ccncc3)n2)c1. The van der Waals surface area contributed by atoms with Crippen molar-refractivity contribution in [3.05, 3.63) is 89.5 Å². The summed E-state index contributed by atoms with van der Waals surface area (Å²) < 4.78 is 5.20. The van der Waals surface area contributed by atoms with Crippen LogP contribution >= 0.6 is 0 Å². The first-order chi connectivity index (χ1) is 14.2. The number of hydrogen-bond acceptors (Lipinski definition) is 5. The molecule has 1 aromatic carbocycles. The molecule has 2 aromatic heterocycles. The van der Waals surface area contributed by atoms with Crippen LogP contribution in [-0.4, -0.2) is 35.4 Å². The van der Waals surface area contributed by atoms with Crippen molar-refractivity contribution in [3.8, 4) is 5.75 Å². The van der Waals surface area contributed by atoms with E-state index in [4.69, 9.17) is 4.74 Å². The standard InChI is InChI=1S/C22H22N4O3/c1-29-18-5-2-4-16(14-18)10-13-24-21(27)19-6-3-7-20(26-19)22(28)25-15-17-8-11-23-12-9-17/h2-9,11-12,14H,10,13,15H2,1H3,(H,24,27)(H,25,28). The van der Waals surface area contributed by atoms with Crippen LogP contribution in [-0.2, 0) is 13.0 Å². The van der Waals surface area contributed by atoms with Gasteiger partial charge in [0.1, 0.15) is 17.1 Å². The second-order valence-corrected chi connectivity index (χ2v) is 6.30. The number of ether oxygens (including phenoxy) is 1. The van der Waals surface area contributed by atoms with Gasteiger partial charge in [0.2, 0.25) is 0 Å². The van der Waals surface area contributed by atoms with E-state index in [-0.39, 0.29) is 23.2 Å². The number of rotatable bonds is 8. The van der Waals surface area contributed by atoms with Crippen LogP contribution in [0.2, 0.25) is 0 Å². The van der Waals surface area contributed by atoms with Crippen LogP contribution in [0, 0.1) is 0 Å². The highest BCUT2D eigenvalue weighted by Crippen LogP contribution is 2.12.